The summed E-state index contributed by atoms with van der Waals surface area (Å²) in [7, 11) is 0. The smallest absolute Gasteiger partial charge is 0.333 e. The maximum absolute atomic E-state index is 12.3. The van der Waals surface area contributed by atoms with Gasteiger partial charge < -0.3 is 10.1 Å². The van der Waals surface area contributed by atoms with Gasteiger partial charge in [-0.3, -0.25) is 4.79 Å². The van der Waals surface area contributed by atoms with Crippen LogP contribution in [0.25, 0.3) is 0 Å². The summed E-state index contributed by atoms with van der Waals surface area (Å²) in [6.07, 6.45) is -2.14. The maximum atomic E-state index is 12.3. The van der Waals surface area contributed by atoms with E-state index in [1.54, 1.807) is 0 Å². The van der Waals surface area contributed by atoms with Crippen molar-refractivity contribution in [2.75, 3.05) is 0 Å². The van der Waals surface area contributed by atoms with Crippen LogP contribution in [0.1, 0.15) is 12.0 Å². The van der Waals surface area contributed by atoms with Gasteiger partial charge in [0.2, 0.25) is 5.43 Å². The number of hydrogen-bond donors (Lipinski definition) is 1. The number of halogens is 3. The zero-order chi connectivity index (χ0) is 10.9. The van der Waals surface area contributed by atoms with Gasteiger partial charge in [0.1, 0.15) is 9.77 Å². The summed E-state index contributed by atoms with van der Waals surface area (Å²) in [6, 6.07) is 0. The minimum absolute atomic E-state index is 0.0106. The molecule has 0 aliphatic rings. The van der Waals surface area contributed by atoms with E-state index in [0.717, 1.165) is 6.20 Å². The van der Waals surface area contributed by atoms with E-state index in [4.69, 9.17) is 0 Å². The van der Waals surface area contributed by atoms with E-state index in [1.807, 2.05) is 4.98 Å². The fraction of sp³-hybridized carbons (Fsp3) is 0.167. The van der Waals surface area contributed by atoms with Gasteiger partial charge in [-0.25, -0.2) is 13.8 Å². The predicted octanol–water partition coefficient (Wildman–Crippen LogP) is 1.83. The molecule has 8 heteroatoms. The molecule has 0 radical (unpaired) electrons. The molecule has 0 fully saturated rings. The van der Waals surface area contributed by atoms with Gasteiger partial charge in [0.25, 0.3) is 6.43 Å². The third-order valence-corrected chi connectivity index (χ3v) is 2.25. The lowest BCUT2D eigenvalue weighted by atomic mass is 10.2. The molecule has 0 aliphatic heterocycles. The summed E-state index contributed by atoms with van der Waals surface area (Å²) < 4.78 is 24.6. The van der Waals surface area contributed by atoms with Crippen LogP contribution in [0.5, 0.6) is 0 Å². The molecule has 1 heterocycles. The molecule has 0 aromatic carbocycles. The molecule has 0 saturated heterocycles. The molecule has 1 aromatic rings. The van der Waals surface area contributed by atoms with Crippen molar-refractivity contribution in [1.82, 2.24) is 4.98 Å². The van der Waals surface area contributed by atoms with Crippen molar-refractivity contribution in [3.63, 3.8) is 0 Å². The summed E-state index contributed by atoms with van der Waals surface area (Å²) in [5, 5.41) is 10.3. The molecule has 14 heavy (non-hydrogen) atoms. The maximum Gasteiger partial charge on any atom is 0.333 e. The fourth-order valence-electron chi connectivity index (χ4n) is 0.865. The number of hydrogen-bond acceptors (Lipinski definition) is 3. The molecule has 1 N–H and O–H groups in total. The van der Waals surface area contributed by atoms with E-state index in [0.29, 0.717) is 0 Å². The van der Waals surface area contributed by atoms with Crippen LogP contribution in [0.15, 0.2) is 11.0 Å². The van der Waals surface area contributed by atoms with E-state index in [-0.39, 0.29) is 3.57 Å². The number of nitro groups is 1. The lowest BCUT2D eigenvalue weighted by Crippen LogP contribution is -2.16. The summed E-state index contributed by atoms with van der Waals surface area (Å²) >= 11 is 1.52. The van der Waals surface area contributed by atoms with Crippen LogP contribution in [0.4, 0.5) is 14.6 Å². The van der Waals surface area contributed by atoms with Crippen LogP contribution < -0.4 is 5.43 Å². The fourth-order valence-corrected chi connectivity index (χ4v) is 1.31. The minimum atomic E-state index is -3.16. The van der Waals surface area contributed by atoms with Crippen molar-refractivity contribution in [2.45, 2.75) is 6.43 Å². The Morgan fingerprint density at radius 1 is 1.57 bits per heavy atom. The van der Waals surface area contributed by atoms with Gasteiger partial charge in [0.15, 0.2) is 5.56 Å². The molecule has 0 unspecified atom stereocenters. The van der Waals surface area contributed by atoms with Crippen LogP contribution >= 0.6 is 22.6 Å². The highest BCUT2D eigenvalue weighted by Gasteiger charge is 2.26. The van der Waals surface area contributed by atoms with Gasteiger partial charge in [-0.05, 0) is 27.5 Å². The van der Waals surface area contributed by atoms with Crippen LogP contribution in [-0.4, -0.2) is 9.91 Å². The second kappa shape index (κ2) is 3.98. The van der Waals surface area contributed by atoms with Crippen LogP contribution in [-0.2, 0) is 0 Å². The molecule has 0 atom stereocenters. The Labute approximate surface area is 89.4 Å². The molecule has 0 aliphatic carbocycles. The van der Waals surface area contributed by atoms with Crippen LogP contribution in [0.2, 0.25) is 0 Å². The second-order valence-corrected chi connectivity index (χ2v) is 3.45. The number of rotatable bonds is 2. The van der Waals surface area contributed by atoms with E-state index >= 15 is 0 Å². The van der Waals surface area contributed by atoms with Crippen molar-refractivity contribution >= 4 is 28.4 Å². The van der Waals surface area contributed by atoms with Gasteiger partial charge in [-0.15, -0.1) is 0 Å². The van der Waals surface area contributed by atoms with Gasteiger partial charge in [0.05, 0.1) is 0 Å². The standard InChI is InChI=1S/C6H3F2IN2O3/c7-5(8)3-4(12)2(9)1-10-6(3)11(13)14/h1,5H,(H,10,12). The number of H-pyrrole nitrogens is 1. The van der Waals surface area contributed by atoms with Crippen molar-refractivity contribution in [1.29, 1.82) is 0 Å². The van der Waals surface area contributed by atoms with Crippen molar-refractivity contribution in [2.24, 2.45) is 0 Å². The number of nitrogens with one attached hydrogen (secondary N) is 1. The second-order valence-electron chi connectivity index (χ2n) is 2.29. The number of pyridine rings is 1. The highest BCUT2D eigenvalue weighted by atomic mass is 127. The van der Waals surface area contributed by atoms with E-state index in [9.17, 15) is 23.7 Å². The van der Waals surface area contributed by atoms with Crippen LogP contribution in [0, 0.1) is 13.7 Å². The highest BCUT2D eigenvalue weighted by molar-refractivity contribution is 14.1. The minimum Gasteiger partial charge on any atom is -0.358 e. The summed E-state index contributed by atoms with van der Waals surface area (Å²) in [6.45, 7) is 0. The van der Waals surface area contributed by atoms with E-state index < -0.39 is 28.2 Å². The van der Waals surface area contributed by atoms with Gasteiger partial charge >= 0.3 is 5.82 Å². The SMILES string of the molecule is O=c1c(I)c[nH]c([N+](=O)[O-])c1C(F)F. The zero-order valence-electron chi connectivity index (χ0n) is 6.46. The lowest BCUT2D eigenvalue weighted by Gasteiger charge is -2.01. The molecule has 0 spiro atoms. The molecule has 5 nitrogen and oxygen atoms in total. The highest BCUT2D eigenvalue weighted by Crippen LogP contribution is 2.23. The third kappa shape index (κ3) is 1.89. The first-order valence-electron chi connectivity index (χ1n) is 3.28. The molecule has 0 bridgehead atoms. The van der Waals surface area contributed by atoms with E-state index in [2.05, 4.69) is 0 Å². The molecule has 0 saturated carbocycles. The first-order valence-corrected chi connectivity index (χ1v) is 4.36. The third-order valence-electron chi connectivity index (χ3n) is 1.45. The Hall–Kier alpha value is -1.06. The van der Waals surface area contributed by atoms with Gasteiger partial charge in [0, 0.05) is 0 Å². The van der Waals surface area contributed by atoms with E-state index in [1.165, 1.54) is 22.6 Å². The van der Waals surface area contributed by atoms with Gasteiger partial charge in [-0.1, -0.05) is 0 Å². The average Bonchev–Trinajstić information content (AvgIpc) is 2.08. The zero-order valence-corrected chi connectivity index (χ0v) is 8.62. The molecule has 1 aromatic heterocycles. The van der Waals surface area contributed by atoms with Crippen molar-refractivity contribution in [3.8, 4) is 0 Å². The Morgan fingerprint density at radius 2 is 2.14 bits per heavy atom. The Morgan fingerprint density at radius 3 is 2.57 bits per heavy atom. The Kier molecular flexibility index (Phi) is 3.13. The van der Waals surface area contributed by atoms with Crippen LogP contribution in [0.3, 0.4) is 0 Å². The number of alkyl halides is 2. The topological polar surface area (TPSA) is 76.0 Å². The van der Waals surface area contributed by atoms with Gasteiger partial charge in [-0.2, -0.15) is 0 Å². The number of aromatic nitrogens is 1. The van der Waals surface area contributed by atoms with Crippen molar-refractivity contribution < 1.29 is 13.7 Å². The quantitative estimate of drug-likeness (QED) is 0.514. The Bertz CT molecular complexity index is 432. The number of nitrogens with zero attached hydrogens (tertiary/aromatic N) is 1. The lowest BCUT2D eigenvalue weighted by molar-refractivity contribution is -0.391. The first-order chi connectivity index (χ1) is 6.45. The number of aromatic amines is 1. The molecular formula is C6H3F2IN2O3. The summed E-state index contributed by atoms with van der Waals surface area (Å²) in [5.41, 5.74) is -2.10. The molecular weight excluding hydrogens is 313 g/mol. The summed E-state index contributed by atoms with van der Waals surface area (Å²) in [4.78, 5) is 22.4. The first kappa shape index (κ1) is 11.0. The average molecular weight is 316 g/mol. The molecule has 1 rings (SSSR count). The molecule has 76 valence electrons. The Balaban J connectivity index is 3.54. The monoisotopic (exact) mass is 316 g/mol. The molecule has 0 amide bonds. The largest absolute Gasteiger partial charge is 0.358 e. The van der Waals surface area contributed by atoms with Crippen molar-refractivity contribution in [3.05, 3.63) is 35.7 Å². The summed E-state index contributed by atoms with van der Waals surface area (Å²) in [5.74, 6) is -0.953. The predicted molar refractivity (Wildman–Crippen MR) is 51.4 cm³/mol. The normalized spacial score (nSPS) is 10.6.